The lowest BCUT2D eigenvalue weighted by Gasteiger charge is -2.24. The number of nitrogen functional groups attached to an aromatic ring is 1. The summed E-state index contributed by atoms with van der Waals surface area (Å²) in [6.07, 6.45) is 1.51. The fourth-order valence-corrected chi connectivity index (χ4v) is 5.51. The Morgan fingerprint density at radius 3 is 2.58 bits per heavy atom. The number of likely N-dealkylation sites (tertiary alicyclic amines) is 1. The number of nitrogens with two attached hydrogens (primary N) is 1. The number of ether oxygens (including phenoxy) is 2. The summed E-state index contributed by atoms with van der Waals surface area (Å²) in [5.74, 6) is -3.82. The first-order chi connectivity index (χ1) is 19.2. The topological polar surface area (TPSA) is 160 Å². The van der Waals surface area contributed by atoms with Gasteiger partial charge in [-0.3, -0.25) is 19.8 Å². The molecular formula is C27H27FN6O5S. The second-order valence-corrected chi connectivity index (χ2v) is 10.4. The fourth-order valence-electron chi connectivity index (χ4n) is 4.68. The summed E-state index contributed by atoms with van der Waals surface area (Å²) >= 11 is 1.35. The van der Waals surface area contributed by atoms with E-state index in [0.717, 1.165) is 10.4 Å². The van der Waals surface area contributed by atoms with Gasteiger partial charge >= 0.3 is 0 Å². The van der Waals surface area contributed by atoms with Crippen molar-refractivity contribution in [1.29, 1.82) is 5.41 Å². The molecule has 1 spiro atoms. The van der Waals surface area contributed by atoms with Crippen LogP contribution in [0.5, 0.6) is 0 Å². The van der Waals surface area contributed by atoms with Crippen molar-refractivity contribution in [2.24, 2.45) is 5.73 Å². The number of nitrogens with one attached hydrogen (secondary N) is 3. The maximum Gasteiger partial charge on any atom is 0.273 e. The summed E-state index contributed by atoms with van der Waals surface area (Å²) in [7, 11) is 0. The number of carbonyl (C=O) groups is 3. The maximum absolute atomic E-state index is 14.7. The first-order valence-corrected chi connectivity index (χ1v) is 13.4. The fraction of sp³-hybridized carbons (Fsp3) is 0.296. The average Bonchev–Trinajstić information content (AvgIpc) is 3.71. The normalized spacial score (nSPS) is 17.6. The van der Waals surface area contributed by atoms with Crippen LogP contribution in [-0.2, 0) is 25.6 Å². The molecule has 0 bridgehead atoms. The molecule has 2 saturated heterocycles. The number of amides is 3. The molecule has 1 unspecified atom stereocenters. The van der Waals surface area contributed by atoms with Crippen LogP contribution in [0.4, 0.5) is 4.39 Å². The first-order valence-electron chi connectivity index (χ1n) is 12.5. The zero-order valence-electron chi connectivity index (χ0n) is 21.3. The zero-order chi connectivity index (χ0) is 28.3. The van der Waals surface area contributed by atoms with Crippen LogP contribution in [-0.4, -0.2) is 71.6 Å². The van der Waals surface area contributed by atoms with Gasteiger partial charge in [0.25, 0.3) is 5.91 Å². The number of benzene rings is 1. The highest BCUT2D eigenvalue weighted by atomic mass is 32.1. The van der Waals surface area contributed by atoms with Gasteiger partial charge in [0.2, 0.25) is 11.8 Å². The highest BCUT2D eigenvalue weighted by Gasteiger charge is 2.52. The molecule has 0 saturated carbocycles. The van der Waals surface area contributed by atoms with Crippen molar-refractivity contribution in [3.05, 3.63) is 76.0 Å². The molecule has 0 radical (unpaired) electrons. The average molecular weight is 567 g/mol. The first kappa shape index (κ1) is 27.4. The van der Waals surface area contributed by atoms with Gasteiger partial charge in [0.15, 0.2) is 17.3 Å². The van der Waals surface area contributed by atoms with E-state index in [4.69, 9.17) is 20.6 Å². The van der Waals surface area contributed by atoms with E-state index in [0.29, 0.717) is 24.3 Å². The summed E-state index contributed by atoms with van der Waals surface area (Å²) in [4.78, 5) is 45.1. The van der Waals surface area contributed by atoms with Gasteiger partial charge in [0.05, 0.1) is 32.8 Å². The molecule has 2 aliphatic rings. The predicted octanol–water partition coefficient (Wildman–Crippen LogP) is 1.62. The minimum atomic E-state index is -1.10. The van der Waals surface area contributed by atoms with Crippen molar-refractivity contribution < 1.29 is 28.2 Å². The number of aromatic nitrogens is 1. The third kappa shape index (κ3) is 5.86. The highest BCUT2D eigenvalue weighted by molar-refractivity contribution is 7.10. The Hall–Kier alpha value is -4.20. The van der Waals surface area contributed by atoms with Crippen LogP contribution < -0.4 is 16.4 Å². The molecule has 0 aliphatic carbocycles. The number of nitrogens with zero attached hydrogens (tertiary/aromatic N) is 2. The number of thiophene rings is 1. The molecule has 1 aromatic carbocycles. The van der Waals surface area contributed by atoms with Crippen molar-refractivity contribution >= 4 is 34.9 Å². The molecule has 5 rings (SSSR count). The Kier molecular flexibility index (Phi) is 7.87. The summed E-state index contributed by atoms with van der Waals surface area (Å²) in [5.41, 5.74) is 6.89. The summed E-state index contributed by atoms with van der Waals surface area (Å²) in [6.45, 7) is 0.379. The van der Waals surface area contributed by atoms with Crippen LogP contribution in [0.1, 0.15) is 27.3 Å². The Morgan fingerprint density at radius 2 is 1.90 bits per heavy atom. The predicted molar refractivity (Wildman–Crippen MR) is 144 cm³/mol. The molecule has 13 heteroatoms. The number of hydrogen-bond acceptors (Lipinski definition) is 8. The minimum absolute atomic E-state index is 0.00562. The smallest absolute Gasteiger partial charge is 0.273 e. The van der Waals surface area contributed by atoms with Gasteiger partial charge in [-0.05, 0) is 17.7 Å². The molecule has 1 atom stereocenters. The highest BCUT2D eigenvalue weighted by Crippen LogP contribution is 2.35. The number of hydrogen-bond donors (Lipinski definition) is 4. The van der Waals surface area contributed by atoms with Gasteiger partial charge in [-0.15, -0.1) is 11.3 Å². The molecule has 5 N–H and O–H groups in total. The Morgan fingerprint density at radius 1 is 1.15 bits per heavy atom. The van der Waals surface area contributed by atoms with E-state index >= 15 is 0 Å². The van der Waals surface area contributed by atoms with Gasteiger partial charge in [0, 0.05) is 34.0 Å². The van der Waals surface area contributed by atoms with Crippen molar-refractivity contribution in [3.8, 4) is 11.1 Å². The van der Waals surface area contributed by atoms with Gasteiger partial charge in [-0.2, -0.15) is 0 Å². The lowest BCUT2D eigenvalue weighted by Crippen LogP contribution is -2.49. The lowest BCUT2D eigenvalue weighted by atomic mass is 10.1. The Labute approximate surface area is 233 Å². The Bertz CT molecular complexity index is 1440. The van der Waals surface area contributed by atoms with Gasteiger partial charge in [-0.1, -0.05) is 30.3 Å². The molecule has 3 amide bonds. The maximum atomic E-state index is 14.7. The third-order valence-corrected chi connectivity index (χ3v) is 7.63. The molecule has 2 aliphatic heterocycles. The van der Waals surface area contributed by atoms with Gasteiger partial charge in [-0.25, -0.2) is 9.37 Å². The van der Waals surface area contributed by atoms with E-state index in [2.05, 4.69) is 15.6 Å². The molecule has 4 heterocycles. The quantitative estimate of drug-likeness (QED) is 0.238. The van der Waals surface area contributed by atoms with Crippen molar-refractivity contribution in [2.75, 3.05) is 26.3 Å². The molecule has 2 aromatic heterocycles. The summed E-state index contributed by atoms with van der Waals surface area (Å²) in [5, 5.41) is 14.5. The largest absolute Gasteiger partial charge is 0.384 e. The van der Waals surface area contributed by atoms with E-state index in [1.54, 1.807) is 23.6 Å². The van der Waals surface area contributed by atoms with Gasteiger partial charge < -0.3 is 30.7 Å². The van der Waals surface area contributed by atoms with Crippen LogP contribution in [0.25, 0.3) is 11.1 Å². The Balaban J connectivity index is 1.23. The van der Waals surface area contributed by atoms with E-state index < -0.39 is 47.6 Å². The molecule has 2 fully saturated rings. The van der Waals surface area contributed by atoms with Crippen LogP contribution in [0.3, 0.4) is 0 Å². The van der Waals surface area contributed by atoms with E-state index in [-0.39, 0.29) is 25.3 Å². The third-order valence-electron chi connectivity index (χ3n) is 6.69. The van der Waals surface area contributed by atoms with Crippen LogP contribution in [0.15, 0.2) is 54.0 Å². The van der Waals surface area contributed by atoms with E-state index in [1.165, 1.54) is 28.5 Å². The number of halogens is 1. The number of rotatable bonds is 8. The minimum Gasteiger partial charge on any atom is -0.384 e. The van der Waals surface area contributed by atoms with E-state index in [9.17, 15) is 18.8 Å². The molecular weight excluding hydrogens is 539 g/mol. The number of pyridine rings is 1. The lowest BCUT2D eigenvalue weighted by molar-refractivity contribution is -0.152. The standard InChI is InChI=1S/C27H27FN6O5S/c28-20-9-17(16-4-2-1-3-5-16)11-31-23(20)26(37)33-13-22(35)34-15-27(38-6-7-39-27)10-21(34)25(36)32-12-19-8-18(14-40-19)24(29)30/h1-5,8-9,11,14,21H,6-7,10,12-13,15H2,(H3,29,30)(H,32,36)(H,33,37). The number of carbonyl (C=O) groups excluding carboxylic acids is 3. The number of amidine groups is 1. The second-order valence-electron chi connectivity index (χ2n) is 9.39. The van der Waals surface area contributed by atoms with E-state index in [1.807, 2.05) is 18.2 Å². The van der Waals surface area contributed by atoms with Crippen molar-refractivity contribution in [3.63, 3.8) is 0 Å². The summed E-state index contributed by atoms with van der Waals surface area (Å²) < 4.78 is 26.2. The van der Waals surface area contributed by atoms with Crippen molar-refractivity contribution in [2.45, 2.75) is 24.8 Å². The summed E-state index contributed by atoms with van der Waals surface area (Å²) in [6, 6.07) is 11.1. The molecule has 40 heavy (non-hydrogen) atoms. The SMILES string of the molecule is N=C(N)c1csc(CNC(=O)C2CC3(CN2C(=O)CNC(=O)c2ncc(-c4ccccc4)cc2F)OCCO3)c1. The van der Waals surface area contributed by atoms with Crippen LogP contribution in [0, 0.1) is 11.2 Å². The van der Waals surface area contributed by atoms with Crippen molar-refractivity contribution in [1.82, 2.24) is 20.5 Å². The molecule has 208 valence electrons. The van der Waals surface area contributed by atoms with Gasteiger partial charge in [0.1, 0.15) is 11.9 Å². The second kappa shape index (κ2) is 11.5. The zero-order valence-corrected chi connectivity index (χ0v) is 22.1. The molecule has 11 nitrogen and oxygen atoms in total. The van der Waals surface area contributed by atoms with Crippen LogP contribution >= 0.6 is 11.3 Å². The molecule has 3 aromatic rings. The van der Waals surface area contributed by atoms with Crippen LogP contribution in [0.2, 0.25) is 0 Å². The monoisotopic (exact) mass is 566 g/mol.